The molecule has 0 spiro atoms. The van der Waals surface area contributed by atoms with Crippen LogP contribution in [0, 0.1) is 0 Å². The molecule has 0 unspecified atom stereocenters. The van der Waals surface area contributed by atoms with Gasteiger partial charge in [-0.1, -0.05) is 30.3 Å². The first-order valence-corrected chi connectivity index (χ1v) is 3.89. The Morgan fingerprint density at radius 2 is 1.91 bits per heavy atom. The molecule has 1 aromatic carbocycles. The minimum Gasteiger partial charge on any atom is -0.381 e. The van der Waals surface area contributed by atoms with Crippen molar-refractivity contribution in [3.8, 4) is 0 Å². The van der Waals surface area contributed by atoms with Crippen molar-refractivity contribution < 1.29 is 4.74 Å². The van der Waals surface area contributed by atoms with E-state index in [0.717, 1.165) is 6.42 Å². The molecule has 0 amide bonds. The van der Waals surface area contributed by atoms with Crippen LogP contribution in [0.5, 0.6) is 0 Å². The molecule has 0 fully saturated rings. The lowest BCUT2D eigenvalue weighted by atomic mass is 10.1. The summed E-state index contributed by atoms with van der Waals surface area (Å²) in [7, 11) is 1.74. The van der Waals surface area contributed by atoms with E-state index in [0.29, 0.717) is 6.10 Å². The van der Waals surface area contributed by atoms with E-state index < -0.39 is 0 Å². The second kappa shape index (κ2) is 4.14. The fourth-order valence-electron chi connectivity index (χ4n) is 1.03. The molecule has 60 valence electrons. The topological polar surface area (TPSA) is 9.23 Å². The van der Waals surface area contributed by atoms with Gasteiger partial charge in [-0.3, -0.25) is 0 Å². The Hall–Kier alpha value is -0.820. The second-order valence-corrected chi connectivity index (χ2v) is 2.74. The first-order chi connectivity index (χ1) is 5.33. The maximum absolute atomic E-state index is 5.15. The predicted octanol–water partition coefficient (Wildman–Crippen LogP) is 2.26. The van der Waals surface area contributed by atoms with Crippen LogP contribution in [0.4, 0.5) is 0 Å². The van der Waals surface area contributed by atoms with E-state index >= 15 is 0 Å². The quantitative estimate of drug-likeness (QED) is 0.642. The number of rotatable bonds is 3. The molecular weight excluding hydrogens is 136 g/mol. The summed E-state index contributed by atoms with van der Waals surface area (Å²) in [6.07, 6.45) is 1.31. The molecule has 1 rings (SSSR count). The smallest absolute Gasteiger partial charge is 0.0583 e. The lowest BCUT2D eigenvalue weighted by molar-refractivity contribution is 0.119. The van der Waals surface area contributed by atoms with E-state index in [-0.39, 0.29) is 0 Å². The fraction of sp³-hybridized carbons (Fsp3) is 0.400. The summed E-state index contributed by atoms with van der Waals surface area (Å²) in [5.74, 6) is 0. The molecular formula is C10H14O. The van der Waals surface area contributed by atoms with Gasteiger partial charge in [0.2, 0.25) is 0 Å². The van der Waals surface area contributed by atoms with E-state index in [1.54, 1.807) is 7.11 Å². The molecule has 0 heterocycles. The average Bonchev–Trinajstić information content (AvgIpc) is 2.06. The molecule has 0 aromatic heterocycles. The maximum Gasteiger partial charge on any atom is 0.0583 e. The average molecular weight is 150 g/mol. The van der Waals surface area contributed by atoms with Crippen molar-refractivity contribution in [2.24, 2.45) is 0 Å². The first-order valence-electron chi connectivity index (χ1n) is 3.89. The summed E-state index contributed by atoms with van der Waals surface area (Å²) in [4.78, 5) is 0. The molecule has 11 heavy (non-hydrogen) atoms. The zero-order valence-corrected chi connectivity index (χ0v) is 7.08. The number of hydrogen-bond acceptors (Lipinski definition) is 1. The third-order valence-corrected chi connectivity index (χ3v) is 1.77. The molecule has 0 saturated heterocycles. The van der Waals surface area contributed by atoms with Crippen molar-refractivity contribution in [3.63, 3.8) is 0 Å². The highest BCUT2D eigenvalue weighted by molar-refractivity contribution is 5.15. The summed E-state index contributed by atoms with van der Waals surface area (Å²) in [6.45, 7) is 2.08. The predicted molar refractivity (Wildman–Crippen MR) is 46.6 cm³/mol. The standard InChI is InChI=1S/C10H14O/c1-9(11-2)8-10-6-4-3-5-7-10/h3-7,9H,8H2,1-2H3/t9-/m0/s1. The molecule has 0 saturated carbocycles. The van der Waals surface area contributed by atoms with Crippen LogP contribution in [0.3, 0.4) is 0 Å². The molecule has 0 bridgehead atoms. The molecule has 1 heteroatoms. The van der Waals surface area contributed by atoms with E-state index in [2.05, 4.69) is 31.2 Å². The SMILES string of the molecule is CO[C@@H](C)Cc1ccccc1. The number of benzene rings is 1. The van der Waals surface area contributed by atoms with Crippen LogP contribution in [-0.2, 0) is 11.2 Å². The Morgan fingerprint density at radius 1 is 1.27 bits per heavy atom. The largest absolute Gasteiger partial charge is 0.381 e. The molecule has 1 atom stereocenters. The van der Waals surface area contributed by atoms with Crippen molar-refractivity contribution in [1.82, 2.24) is 0 Å². The van der Waals surface area contributed by atoms with Gasteiger partial charge in [0.05, 0.1) is 6.10 Å². The minimum atomic E-state index is 0.317. The monoisotopic (exact) mass is 150 g/mol. The Kier molecular flexibility index (Phi) is 3.12. The molecule has 0 aliphatic carbocycles. The first kappa shape index (κ1) is 8.28. The second-order valence-electron chi connectivity index (χ2n) is 2.74. The normalized spacial score (nSPS) is 12.9. The van der Waals surface area contributed by atoms with Gasteiger partial charge >= 0.3 is 0 Å². The summed E-state index contributed by atoms with van der Waals surface area (Å²) in [6, 6.07) is 10.4. The Bertz CT molecular complexity index is 193. The maximum atomic E-state index is 5.15. The van der Waals surface area contributed by atoms with Crippen LogP contribution in [-0.4, -0.2) is 13.2 Å². The molecule has 0 aliphatic heterocycles. The Labute approximate surface area is 68.0 Å². The van der Waals surface area contributed by atoms with Crippen molar-refractivity contribution >= 4 is 0 Å². The summed E-state index contributed by atoms with van der Waals surface area (Å²) < 4.78 is 5.15. The highest BCUT2D eigenvalue weighted by Crippen LogP contribution is 2.03. The van der Waals surface area contributed by atoms with Crippen LogP contribution >= 0.6 is 0 Å². The van der Waals surface area contributed by atoms with Gasteiger partial charge < -0.3 is 4.74 Å². The lowest BCUT2D eigenvalue weighted by Gasteiger charge is -2.08. The van der Waals surface area contributed by atoms with Gasteiger partial charge in [0, 0.05) is 7.11 Å². The van der Waals surface area contributed by atoms with E-state index in [4.69, 9.17) is 4.74 Å². The molecule has 0 radical (unpaired) electrons. The zero-order valence-electron chi connectivity index (χ0n) is 7.08. The molecule has 0 aliphatic rings. The van der Waals surface area contributed by atoms with Crippen LogP contribution < -0.4 is 0 Å². The van der Waals surface area contributed by atoms with Crippen LogP contribution in [0.15, 0.2) is 30.3 Å². The van der Waals surface area contributed by atoms with Gasteiger partial charge in [0.15, 0.2) is 0 Å². The third-order valence-electron chi connectivity index (χ3n) is 1.77. The van der Waals surface area contributed by atoms with E-state index in [1.807, 2.05) is 6.07 Å². The zero-order chi connectivity index (χ0) is 8.10. The molecule has 1 aromatic rings. The van der Waals surface area contributed by atoms with E-state index in [1.165, 1.54) is 5.56 Å². The third kappa shape index (κ3) is 2.72. The number of hydrogen-bond donors (Lipinski definition) is 0. The van der Waals surface area contributed by atoms with E-state index in [9.17, 15) is 0 Å². The molecule has 1 nitrogen and oxygen atoms in total. The van der Waals surface area contributed by atoms with Gasteiger partial charge in [-0.25, -0.2) is 0 Å². The van der Waals surface area contributed by atoms with Gasteiger partial charge in [0.1, 0.15) is 0 Å². The van der Waals surface area contributed by atoms with Crippen molar-refractivity contribution in [2.45, 2.75) is 19.4 Å². The number of methoxy groups -OCH3 is 1. The van der Waals surface area contributed by atoms with Gasteiger partial charge in [-0.2, -0.15) is 0 Å². The lowest BCUT2D eigenvalue weighted by Crippen LogP contribution is -2.07. The van der Waals surface area contributed by atoms with Crippen LogP contribution in [0.1, 0.15) is 12.5 Å². The Morgan fingerprint density at radius 3 is 2.45 bits per heavy atom. The fourth-order valence-corrected chi connectivity index (χ4v) is 1.03. The van der Waals surface area contributed by atoms with Gasteiger partial charge in [0.25, 0.3) is 0 Å². The van der Waals surface area contributed by atoms with Crippen LogP contribution in [0.2, 0.25) is 0 Å². The highest BCUT2D eigenvalue weighted by atomic mass is 16.5. The van der Waals surface area contributed by atoms with Crippen molar-refractivity contribution in [3.05, 3.63) is 35.9 Å². The van der Waals surface area contributed by atoms with Crippen molar-refractivity contribution in [2.75, 3.05) is 7.11 Å². The van der Waals surface area contributed by atoms with Crippen molar-refractivity contribution in [1.29, 1.82) is 0 Å². The number of ether oxygens (including phenoxy) is 1. The highest BCUT2D eigenvalue weighted by Gasteiger charge is 1.99. The summed E-state index contributed by atoms with van der Waals surface area (Å²) in [5.41, 5.74) is 1.34. The minimum absolute atomic E-state index is 0.317. The molecule has 0 N–H and O–H groups in total. The van der Waals surface area contributed by atoms with Gasteiger partial charge in [-0.15, -0.1) is 0 Å². The summed E-state index contributed by atoms with van der Waals surface area (Å²) in [5, 5.41) is 0. The van der Waals surface area contributed by atoms with Gasteiger partial charge in [-0.05, 0) is 18.9 Å². The Balaban J connectivity index is 2.51. The van der Waals surface area contributed by atoms with Crippen LogP contribution in [0.25, 0.3) is 0 Å². The summed E-state index contributed by atoms with van der Waals surface area (Å²) >= 11 is 0.